The van der Waals surface area contributed by atoms with Crippen molar-refractivity contribution >= 4 is 0 Å². The Morgan fingerprint density at radius 2 is 1.89 bits per heavy atom. The Labute approximate surface area is 115 Å². The summed E-state index contributed by atoms with van der Waals surface area (Å²) >= 11 is 0. The lowest BCUT2D eigenvalue weighted by molar-refractivity contribution is 0.242. The van der Waals surface area contributed by atoms with E-state index in [1.807, 2.05) is 6.07 Å². The van der Waals surface area contributed by atoms with Gasteiger partial charge in [0.1, 0.15) is 11.5 Å². The lowest BCUT2D eigenvalue weighted by Crippen LogP contribution is -2.32. The number of benzene rings is 1. The van der Waals surface area contributed by atoms with E-state index < -0.39 is 0 Å². The van der Waals surface area contributed by atoms with E-state index >= 15 is 0 Å². The van der Waals surface area contributed by atoms with Gasteiger partial charge in [0.05, 0.1) is 14.2 Å². The van der Waals surface area contributed by atoms with Crippen LogP contribution < -0.4 is 15.2 Å². The normalized spacial score (nSPS) is 21.4. The SMILES string of the molecule is COc1cc(OC)cc(C(CN)N2CCC(C)C2)c1. The highest BCUT2D eigenvalue weighted by atomic mass is 16.5. The van der Waals surface area contributed by atoms with Crippen LogP contribution in [0.15, 0.2) is 18.2 Å². The van der Waals surface area contributed by atoms with Crippen molar-refractivity contribution in [3.63, 3.8) is 0 Å². The molecule has 1 aliphatic heterocycles. The number of hydrogen-bond acceptors (Lipinski definition) is 4. The van der Waals surface area contributed by atoms with Crippen molar-refractivity contribution in [2.45, 2.75) is 19.4 Å². The zero-order chi connectivity index (χ0) is 13.8. The standard InChI is InChI=1S/C15H24N2O2/c1-11-4-5-17(10-11)15(9-16)12-6-13(18-2)8-14(7-12)19-3/h6-8,11,15H,4-5,9-10,16H2,1-3H3. The first-order valence-electron chi connectivity index (χ1n) is 6.85. The Morgan fingerprint density at radius 1 is 1.26 bits per heavy atom. The van der Waals surface area contributed by atoms with E-state index in [1.165, 1.54) is 12.0 Å². The summed E-state index contributed by atoms with van der Waals surface area (Å²) in [7, 11) is 3.35. The third-order valence-corrected chi connectivity index (χ3v) is 3.88. The molecule has 1 saturated heterocycles. The molecular formula is C15H24N2O2. The molecule has 0 aromatic heterocycles. The number of hydrogen-bond donors (Lipinski definition) is 1. The maximum atomic E-state index is 5.99. The summed E-state index contributed by atoms with van der Waals surface area (Å²) in [5.74, 6) is 2.39. The van der Waals surface area contributed by atoms with Gasteiger partial charge < -0.3 is 15.2 Å². The van der Waals surface area contributed by atoms with Gasteiger partial charge in [-0.3, -0.25) is 4.90 Å². The Balaban J connectivity index is 2.26. The van der Waals surface area contributed by atoms with Gasteiger partial charge >= 0.3 is 0 Å². The maximum Gasteiger partial charge on any atom is 0.122 e. The van der Waals surface area contributed by atoms with E-state index in [-0.39, 0.29) is 6.04 Å². The first kappa shape index (κ1) is 14.2. The van der Waals surface area contributed by atoms with Gasteiger partial charge in [-0.15, -0.1) is 0 Å². The van der Waals surface area contributed by atoms with Crippen LogP contribution in [0.1, 0.15) is 24.9 Å². The second kappa shape index (κ2) is 6.26. The van der Waals surface area contributed by atoms with Crippen LogP contribution in [0.2, 0.25) is 0 Å². The molecule has 2 unspecified atom stereocenters. The molecule has 2 rings (SSSR count). The third kappa shape index (κ3) is 3.19. The Hall–Kier alpha value is -1.26. The van der Waals surface area contributed by atoms with Crippen molar-refractivity contribution in [1.29, 1.82) is 0 Å². The van der Waals surface area contributed by atoms with Crippen LogP contribution in [0.4, 0.5) is 0 Å². The van der Waals surface area contributed by atoms with Gasteiger partial charge in [0.2, 0.25) is 0 Å². The van der Waals surface area contributed by atoms with Crippen LogP contribution in [0.3, 0.4) is 0 Å². The third-order valence-electron chi connectivity index (χ3n) is 3.88. The van der Waals surface area contributed by atoms with Crippen LogP contribution in [0.25, 0.3) is 0 Å². The van der Waals surface area contributed by atoms with Crippen LogP contribution >= 0.6 is 0 Å². The number of ether oxygens (including phenoxy) is 2. The van der Waals surface area contributed by atoms with Crippen LogP contribution in [0.5, 0.6) is 11.5 Å². The van der Waals surface area contributed by atoms with E-state index in [4.69, 9.17) is 15.2 Å². The molecule has 0 saturated carbocycles. The summed E-state index contributed by atoms with van der Waals surface area (Å²) in [6, 6.07) is 6.25. The minimum atomic E-state index is 0.244. The summed E-state index contributed by atoms with van der Waals surface area (Å²) in [5.41, 5.74) is 7.16. The highest BCUT2D eigenvalue weighted by molar-refractivity contribution is 5.40. The zero-order valence-electron chi connectivity index (χ0n) is 12.1. The molecule has 19 heavy (non-hydrogen) atoms. The second-order valence-corrected chi connectivity index (χ2v) is 5.29. The lowest BCUT2D eigenvalue weighted by atomic mass is 10.0. The highest BCUT2D eigenvalue weighted by Gasteiger charge is 2.26. The second-order valence-electron chi connectivity index (χ2n) is 5.29. The molecular weight excluding hydrogens is 240 g/mol. The molecule has 1 aliphatic rings. The highest BCUT2D eigenvalue weighted by Crippen LogP contribution is 2.31. The van der Waals surface area contributed by atoms with E-state index in [0.717, 1.165) is 30.5 Å². The molecule has 4 nitrogen and oxygen atoms in total. The molecule has 2 N–H and O–H groups in total. The van der Waals surface area contributed by atoms with E-state index in [9.17, 15) is 0 Å². The first-order valence-corrected chi connectivity index (χ1v) is 6.85. The molecule has 0 radical (unpaired) electrons. The van der Waals surface area contributed by atoms with Gasteiger partial charge in [0, 0.05) is 25.2 Å². The number of nitrogens with two attached hydrogens (primary N) is 1. The van der Waals surface area contributed by atoms with Crippen molar-refractivity contribution in [2.75, 3.05) is 33.9 Å². The molecule has 1 aromatic carbocycles. The van der Waals surface area contributed by atoms with Crippen molar-refractivity contribution in [1.82, 2.24) is 4.90 Å². The van der Waals surface area contributed by atoms with Gasteiger partial charge in [-0.05, 0) is 36.6 Å². The minimum absolute atomic E-state index is 0.244. The van der Waals surface area contributed by atoms with Crippen LogP contribution in [-0.4, -0.2) is 38.8 Å². The summed E-state index contributed by atoms with van der Waals surface area (Å²) in [6.07, 6.45) is 1.25. The van der Waals surface area contributed by atoms with Crippen molar-refractivity contribution in [3.8, 4) is 11.5 Å². The van der Waals surface area contributed by atoms with E-state index in [2.05, 4.69) is 24.0 Å². The summed E-state index contributed by atoms with van der Waals surface area (Å²) in [5, 5.41) is 0. The summed E-state index contributed by atoms with van der Waals surface area (Å²) in [6.45, 7) is 5.13. The quantitative estimate of drug-likeness (QED) is 0.884. The topological polar surface area (TPSA) is 47.7 Å². The smallest absolute Gasteiger partial charge is 0.122 e. The molecule has 2 atom stereocenters. The predicted octanol–water partition coefficient (Wildman–Crippen LogP) is 2.05. The first-order chi connectivity index (χ1) is 9.17. The predicted molar refractivity (Wildman–Crippen MR) is 76.7 cm³/mol. The van der Waals surface area contributed by atoms with Gasteiger partial charge in [-0.25, -0.2) is 0 Å². The van der Waals surface area contributed by atoms with Crippen LogP contribution in [-0.2, 0) is 0 Å². The van der Waals surface area contributed by atoms with E-state index in [0.29, 0.717) is 6.54 Å². The van der Waals surface area contributed by atoms with Gasteiger partial charge in [0.15, 0.2) is 0 Å². The average Bonchev–Trinajstić information content (AvgIpc) is 2.85. The molecule has 1 heterocycles. The fourth-order valence-corrected chi connectivity index (χ4v) is 2.77. The maximum absolute atomic E-state index is 5.99. The molecule has 0 amide bonds. The number of likely N-dealkylation sites (tertiary alicyclic amines) is 1. The summed E-state index contributed by atoms with van der Waals surface area (Å²) in [4.78, 5) is 2.46. The molecule has 106 valence electrons. The molecule has 0 spiro atoms. The van der Waals surface area contributed by atoms with Crippen molar-refractivity contribution in [2.24, 2.45) is 11.7 Å². The summed E-state index contributed by atoms with van der Waals surface area (Å²) < 4.78 is 10.7. The molecule has 0 bridgehead atoms. The number of methoxy groups -OCH3 is 2. The number of rotatable bonds is 5. The van der Waals surface area contributed by atoms with Crippen molar-refractivity contribution in [3.05, 3.63) is 23.8 Å². The average molecular weight is 264 g/mol. The minimum Gasteiger partial charge on any atom is -0.497 e. The Morgan fingerprint density at radius 3 is 2.32 bits per heavy atom. The fraction of sp³-hybridized carbons (Fsp3) is 0.600. The van der Waals surface area contributed by atoms with Crippen LogP contribution in [0, 0.1) is 5.92 Å². The van der Waals surface area contributed by atoms with E-state index in [1.54, 1.807) is 14.2 Å². The zero-order valence-corrected chi connectivity index (χ0v) is 12.1. The monoisotopic (exact) mass is 264 g/mol. The molecule has 1 fully saturated rings. The van der Waals surface area contributed by atoms with Gasteiger partial charge in [-0.2, -0.15) is 0 Å². The molecule has 1 aromatic rings. The number of nitrogens with zero attached hydrogens (tertiary/aromatic N) is 1. The Kier molecular flexibility index (Phi) is 4.66. The Bertz CT molecular complexity index is 400. The van der Waals surface area contributed by atoms with Crippen molar-refractivity contribution < 1.29 is 9.47 Å². The lowest BCUT2D eigenvalue weighted by Gasteiger charge is -2.27. The largest absolute Gasteiger partial charge is 0.497 e. The molecule has 0 aliphatic carbocycles. The molecule has 4 heteroatoms. The van der Waals surface area contributed by atoms with Gasteiger partial charge in [0.25, 0.3) is 0 Å². The van der Waals surface area contributed by atoms with Gasteiger partial charge in [-0.1, -0.05) is 6.92 Å². The fourth-order valence-electron chi connectivity index (χ4n) is 2.77.